The zero-order valence-electron chi connectivity index (χ0n) is 77.4. The van der Waals surface area contributed by atoms with Crippen molar-refractivity contribution in [3.8, 4) is 83.2 Å². The number of carbonyl (C=O) groups is 3. The maximum absolute atomic E-state index is 13.4. The van der Waals surface area contributed by atoms with Crippen molar-refractivity contribution in [2.75, 3.05) is 105 Å². The molecule has 0 aliphatic rings. The molecule has 0 atom stereocenters. The monoisotopic (exact) mass is 1890 g/mol. The number of ether oxygens (including phenoxy) is 10. The number of hydrogen-bond donors (Lipinski definition) is 4. The van der Waals surface area contributed by atoms with E-state index in [4.69, 9.17) is 106 Å². The minimum atomic E-state index is -3.19. The number of benzene rings is 6. The van der Waals surface area contributed by atoms with E-state index < -0.39 is 15.0 Å². The summed E-state index contributed by atoms with van der Waals surface area (Å²) in [5.74, 6) is 11.0. The van der Waals surface area contributed by atoms with Gasteiger partial charge in [-0.3, -0.25) is 14.2 Å². The fourth-order valence-electron chi connectivity index (χ4n) is 11.6. The van der Waals surface area contributed by atoms with Crippen LogP contribution in [0.15, 0.2) is 224 Å². The zero-order valence-corrected chi connectivity index (χ0v) is 81.5. The summed E-state index contributed by atoms with van der Waals surface area (Å²) in [5, 5.41) is 22.2. The van der Waals surface area contributed by atoms with Gasteiger partial charge in [-0.05, 0) is 138 Å². The molecule has 5 N–H and O–H groups in total. The Morgan fingerprint density at radius 3 is 1.35 bits per heavy atom. The molecule has 12 aromatic rings. The quantitative estimate of drug-likeness (QED) is 0.00419. The van der Waals surface area contributed by atoms with Gasteiger partial charge in [-0.15, -0.1) is 19.3 Å². The van der Waals surface area contributed by atoms with E-state index >= 15 is 0 Å². The van der Waals surface area contributed by atoms with Gasteiger partial charge in [-0.1, -0.05) is 174 Å². The first kappa shape index (κ1) is 113. The summed E-state index contributed by atoms with van der Waals surface area (Å²) in [6.07, 6.45) is 24.9. The molecule has 0 spiro atoms. The molecule has 0 aliphatic carbocycles. The topological polar surface area (TPSA) is 355 Å². The van der Waals surface area contributed by atoms with E-state index in [1.165, 1.54) is 22.9 Å². The van der Waals surface area contributed by atoms with Gasteiger partial charge in [0.25, 0.3) is 0 Å². The van der Waals surface area contributed by atoms with Crippen molar-refractivity contribution in [2.45, 2.75) is 92.5 Å². The predicted molar refractivity (Wildman–Crippen MR) is 519 cm³/mol. The number of carbonyl (C=O) groups excluding carboxylic acids is 3. The second-order valence-electron chi connectivity index (χ2n) is 28.7. The Morgan fingerprint density at radius 2 is 0.910 bits per heavy atom. The van der Waals surface area contributed by atoms with Crippen LogP contribution in [0, 0.1) is 37.0 Å². The van der Waals surface area contributed by atoms with Crippen molar-refractivity contribution in [3.63, 3.8) is 0 Å². The SMILES string of the molecule is C#CCOc1ccc(N)c(C(=O)c2ccc(C(C)C)cc2)c1.C#CCOc1ccc(NCc2cccnc2OCCOC)c(C(=O)c2ccc(C(C)C)cc2)c1.C#CCOc1ccc2c(c1)c(-c1ccc(C(C)C)cc1)nc(=O)n2Cc1cccnc1OCCOC.CCOC(=O)c1cccnc1Cl.COCCOc1ncccc1CO.CS(=O)(=O)Cl.OCc1cccnc1Cl.[B].[H-].[Na+]. The summed E-state index contributed by atoms with van der Waals surface area (Å²) in [5.41, 5.74) is 17.8. The summed E-state index contributed by atoms with van der Waals surface area (Å²) in [6, 6.07) is 57.0. The number of halogens is 3. The number of pyridine rings is 5. The molecule has 0 aliphatic heterocycles. The molecule has 6 heterocycles. The van der Waals surface area contributed by atoms with Crippen LogP contribution in [0.5, 0.6) is 34.9 Å². The van der Waals surface area contributed by atoms with E-state index in [2.05, 4.69) is 117 Å². The second-order valence-corrected chi connectivity index (χ2v) is 32.5. The number of ketones is 2. The number of anilines is 2. The molecule has 6 aromatic carbocycles. The number of aliphatic hydroxyl groups is 2. The van der Waals surface area contributed by atoms with E-state index in [9.17, 15) is 27.6 Å². The first-order chi connectivity index (χ1) is 63.0. The number of hydrogen-bond acceptors (Lipinski definition) is 26. The smallest absolute Gasteiger partial charge is 1.00 e. The largest absolute Gasteiger partial charge is 1.00 e. The van der Waals surface area contributed by atoms with E-state index in [-0.39, 0.29) is 101 Å². The Labute approximate surface area is 817 Å². The van der Waals surface area contributed by atoms with Gasteiger partial charge in [0.15, 0.2) is 11.6 Å². The number of nitrogen functional groups attached to an aromatic ring is 1. The average Bonchev–Trinajstić information content (AvgIpc) is 0.760. The molecule has 12 rings (SSSR count). The zero-order chi connectivity index (χ0) is 95.6. The van der Waals surface area contributed by atoms with Crippen LogP contribution in [0.2, 0.25) is 10.3 Å². The molecule has 0 amide bonds. The molecule has 0 bridgehead atoms. The van der Waals surface area contributed by atoms with Crippen molar-refractivity contribution in [1.82, 2.24) is 34.5 Å². The minimum Gasteiger partial charge on any atom is -1.00 e. The standard InChI is InChI=1S/C29H29N3O4.C28H30N2O4.C19H19NO2.C9H13NO3.C8H8ClNO2.C6H6ClNO.CH3ClO2S.B.Na.H/c1-5-15-35-24-12-13-26-25(18-24)27(22-10-8-21(9-11-22)20(2)3)31-29(33)32(26)19-23-7-6-14-30-28(23)36-17-16-34-4;1-5-15-33-24-12-13-26(30-19-23-7-6-14-29-28(23)34-17-16-32-4)25(18-24)27(31)22-10-8-21(9-11-22)20(2)3;1-4-11-22-16-9-10-18(20)17(12-16)19(21)15-7-5-14(6-8-15)13(2)3;1-12-5-6-13-9-8(7-11)3-2-4-10-9;1-2-12-8(11)6-4-3-5-10-7(6)9;7-6-5(4-9)2-1-3-8-6;1-5(2,3)4;;;/h1,6-14,18,20H,15-17,19H2,2-4H3;1,6-14,18,20,30H,15-17,19H2,2-4H3;1,5-10,12-13H,11,20H2,2-3H3;2-4,11H,5-7H2,1H3;3-5H,2H2,1H3;1-3,9H,4H2;1H3;;;/q;;;;;;;;+1;-1. The summed E-state index contributed by atoms with van der Waals surface area (Å²) >= 11 is 11.2. The molecule has 6 aromatic heterocycles. The Balaban J connectivity index is 0.000000433. The van der Waals surface area contributed by atoms with Crippen LogP contribution in [0.1, 0.15) is 149 Å². The molecule has 0 unspecified atom stereocenters. The number of fused-ring (bicyclic) bond motifs is 1. The molecule has 27 nitrogen and oxygen atoms in total. The van der Waals surface area contributed by atoms with Gasteiger partial charge in [-0.2, -0.15) is 4.98 Å². The van der Waals surface area contributed by atoms with Gasteiger partial charge < -0.3 is 70.1 Å². The van der Waals surface area contributed by atoms with Crippen LogP contribution >= 0.6 is 33.9 Å². The minimum absolute atomic E-state index is 0. The molecule has 0 saturated heterocycles. The summed E-state index contributed by atoms with van der Waals surface area (Å²) in [7, 11) is 6.15. The summed E-state index contributed by atoms with van der Waals surface area (Å²) < 4.78 is 73.5. The Bertz CT molecular complexity index is 5950. The van der Waals surface area contributed by atoms with Gasteiger partial charge >= 0.3 is 41.2 Å². The fourth-order valence-corrected chi connectivity index (χ4v) is 12.0. The normalized spacial score (nSPS) is 10.3. The van der Waals surface area contributed by atoms with Crippen LogP contribution in [-0.4, -0.2) is 173 Å². The first-order valence-electron chi connectivity index (χ1n) is 41.1. The van der Waals surface area contributed by atoms with Crippen molar-refractivity contribution in [3.05, 3.63) is 307 Å². The van der Waals surface area contributed by atoms with Crippen LogP contribution < -0.4 is 74.7 Å². The molecule has 33 heteroatoms. The molecule has 0 saturated carbocycles. The predicted octanol–water partition coefficient (Wildman–Crippen LogP) is 14.0. The van der Waals surface area contributed by atoms with Crippen LogP contribution in [0.25, 0.3) is 22.2 Å². The summed E-state index contributed by atoms with van der Waals surface area (Å²) in [6.45, 7) is 18.4. The third-order valence-corrected chi connectivity index (χ3v) is 19.0. The number of aromatic nitrogens is 7. The van der Waals surface area contributed by atoms with Gasteiger partial charge in [0, 0.05) is 145 Å². The second kappa shape index (κ2) is 61.5. The number of rotatable bonds is 35. The number of nitrogens with two attached hydrogens (primary N) is 1. The Morgan fingerprint density at radius 1 is 0.511 bits per heavy atom. The average molecular weight is 1900 g/mol. The first-order valence-corrected chi connectivity index (χ1v) is 44.6. The van der Waals surface area contributed by atoms with Crippen molar-refractivity contribution < 1.29 is 111 Å². The number of nitrogens with zero attached hydrogens (tertiary/aromatic N) is 7. The maximum atomic E-state index is 13.4. The van der Waals surface area contributed by atoms with E-state index in [0.29, 0.717) is 167 Å². The van der Waals surface area contributed by atoms with Gasteiger partial charge in [0.05, 0.1) is 69.2 Å². The molecule has 693 valence electrons. The molecular formula is C100H109BCl3N9NaO18S. The molecular weight excluding hydrogens is 1790 g/mol. The number of terminal acetylenes is 3. The molecule has 0 fully saturated rings. The Hall–Kier alpha value is -12.2. The van der Waals surface area contributed by atoms with E-state index in [0.717, 1.165) is 33.8 Å². The van der Waals surface area contributed by atoms with Gasteiger partial charge in [0.1, 0.15) is 67.2 Å². The third kappa shape index (κ3) is 38.9. The van der Waals surface area contributed by atoms with Crippen LogP contribution in [0.3, 0.4) is 0 Å². The molecule has 133 heavy (non-hydrogen) atoms. The van der Waals surface area contributed by atoms with Gasteiger partial charge in [-0.25, -0.2) is 42.9 Å². The molecule has 3 radical (unpaired) electrons. The van der Waals surface area contributed by atoms with Gasteiger partial charge in [0.2, 0.25) is 26.7 Å². The third-order valence-electron chi connectivity index (χ3n) is 18.3. The summed E-state index contributed by atoms with van der Waals surface area (Å²) in [4.78, 5) is 75.1. The van der Waals surface area contributed by atoms with Crippen molar-refractivity contribution >= 4 is 91.2 Å². The van der Waals surface area contributed by atoms with E-state index in [1.54, 1.807) is 130 Å². The Kier molecular flexibility index (Phi) is 52.3. The number of esters is 1. The van der Waals surface area contributed by atoms with Crippen LogP contribution in [0.4, 0.5) is 11.4 Å². The number of methoxy groups -OCH3 is 3. The van der Waals surface area contributed by atoms with Crippen LogP contribution in [-0.2, 0) is 54.3 Å². The van der Waals surface area contributed by atoms with Crippen molar-refractivity contribution in [2.24, 2.45) is 0 Å². The van der Waals surface area contributed by atoms with Crippen molar-refractivity contribution in [1.29, 1.82) is 0 Å². The number of aliphatic hydroxyl groups excluding tert-OH is 2. The maximum Gasteiger partial charge on any atom is 1.00 e. The van der Waals surface area contributed by atoms with E-state index in [1.807, 2.05) is 103 Å². The number of nitrogens with one attached hydrogen (secondary N) is 1. The fraction of sp³-hybridized carbons (Fsp3) is 0.280.